The molecular weight excluding hydrogens is 510 g/mol. The molecule has 0 radical (unpaired) electrons. The van der Waals surface area contributed by atoms with Gasteiger partial charge < -0.3 is 15.1 Å². The van der Waals surface area contributed by atoms with Gasteiger partial charge in [-0.1, -0.05) is 98.1 Å². The standard InChI is InChI=1S/C36H31NO4/c1-3-8-29(4-2)34(30-9-6-5-7-10-30)23-26-11-17-31(18-12-26)37(32-19-13-27(14-20-32)24-35(38)39)33-21-15-28(16-22-33)25-36(40)41/h3-23H,1-2,24-25H2,(H,38,39)(H,40,41). The van der Waals surface area contributed by atoms with Crippen LogP contribution in [0.5, 0.6) is 0 Å². The summed E-state index contributed by atoms with van der Waals surface area (Å²) in [5.41, 5.74) is 8.04. The van der Waals surface area contributed by atoms with Crippen molar-refractivity contribution >= 4 is 40.6 Å². The quantitative estimate of drug-likeness (QED) is 0.139. The number of allylic oxidation sites excluding steroid dienone is 5. The highest BCUT2D eigenvalue weighted by Crippen LogP contribution is 2.35. The Hall–Kier alpha value is -5.42. The summed E-state index contributed by atoms with van der Waals surface area (Å²) in [6.07, 6.45) is 7.51. The molecule has 0 saturated carbocycles. The number of hydrogen-bond acceptors (Lipinski definition) is 3. The van der Waals surface area contributed by atoms with Crippen LogP contribution in [-0.4, -0.2) is 22.2 Å². The first-order valence-corrected chi connectivity index (χ1v) is 13.1. The van der Waals surface area contributed by atoms with Gasteiger partial charge in [-0.15, -0.1) is 0 Å². The molecule has 0 amide bonds. The van der Waals surface area contributed by atoms with Crippen molar-refractivity contribution in [3.8, 4) is 0 Å². The van der Waals surface area contributed by atoms with Crippen LogP contribution < -0.4 is 4.90 Å². The van der Waals surface area contributed by atoms with Crippen molar-refractivity contribution in [1.29, 1.82) is 0 Å². The van der Waals surface area contributed by atoms with Gasteiger partial charge >= 0.3 is 11.9 Å². The molecule has 0 aliphatic heterocycles. The Morgan fingerprint density at radius 1 is 0.659 bits per heavy atom. The zero-order chi connectivity index (χ0) is 29.2. The van der Waals surface area contributed by atoms with Crippen LogP contribution in [0.15, 0.2) is 140 Å². The minimum absolute atomic E-state index is 0.0536. The van der Waals surface area contributed by atoms with E-state index < -0.39 is 11.9 Å². The molecule has 41 heavy (non-hydrogen) atoms. The van der Waals surface area contributed by atoms with Gasteiger partial charge in [-0.05, 0) is 75.9 Å². The van der Waals surface area contributed by atoms with E-state index in [0.717, 1.165) is 39.3 Å². The number of hydrogen-bond donors (Lipinski definition) is 2. The molecule has 0 fully saturated rings. The van der Waals surface area contributed by atoms with Gasteiger partial charge in [0, 0.05) is 17.1 Å². The lowest BCUT2D eigenvalue weighted by atomic mass is 9.95. The average Bonchev–Trinajstić information content (AvgIpc) is 2.97. The second kappa shape index (κ2) is 13.6. The molecule has 0 aliphatic rings. The first-order chi connectivity index (χ1) is 19.9. The van der Waals surface area contributed by atoms with Crippen LogP contribution in [0.2, 0.25) is 0 Å². The molecule has 0 saturated heterocycles. The third-order valence-corrected chi connectivity index (χ3v) is 6.48. The fraction of sp³-hybridized carbons (Fsp3) is 0.0556. The molecule has 2 N–H and O–H groups in total. The molecule has 0 spiro atoms. The largest absolute Gasteiger partial charge is 0.481 e. The van der Waals surface area contributed by atoms with Gasteiger partial charge in [0.2, 0.25) is 0 Å². The van der Waals surface area contributed by atoms with Gasteiger partial charge in [-0.3, -0.25) is 9.59 Å². The minimum Gasteiger partial charge on any atom is -0.481 e. The molecule has 4 aromatic carbocycles. The van der Waals surface area contributed by atoms with Crippen molar-refractivity contribution in [3.05, 3.63) is 162 Å². The predicted molar refractivity (Wildman–Crippen MR) is 167 cm³/mol. The van der Waals surface area contributed by atoms with Crippen LogP contribution >= 0.6 is 0 Å². The first-order valence-electron chi connectivity index (χ1n) is 13.1. The number of nitrogens with zero attached hydrogens (tertiary/aromatic N) is 1. The van der Waals surface area contributed by atoms with Crippen molar-refractivity contribution in [2.24, 2.45) is 0 Å². The number of anilines is 3. The molecule has 0 bridgehead atoms. The van der Waals surface area contributed by atoms with E-state index in [2.05, 4.69) is 31.4 Å². The summed E-state index contributed by atoms with van der Waals surface area (Å²) in [4.78, 5) is 24.4. The molecule has 0 atom stereocenters. The summed E-state index contributed by atoms with van der Waals surface area (Å²) in [6, 6.07) is 33.0. The Labute approximate surface area is 240 Å². The van der Waals surface area contributed by atoms with Crippen LogP contribution in [-0.2, 0) is 22.4 Å². The maximum Gasteiger partial charge on any atom is 0.307 e. The van der Waals surface area contributed by atoms with Gasteiger partial charge in [0.15, 0.2) is 0 Å². The van der Waals surface area contributed by atoms with Crippen molar-refractivity contribution < 1.29 is 19.8 Å². The van der Waals surface area contributed by atoms with Crippen LogP contribution in [0.1, 0.15) is 22.3 Å². The third kappa shape index (κ3) is 7.58. The summed E-state index contributed by atoms with van der Waals surface area (Å²) in [6.45, 7) is 7.83. The molecule has 5 nitrogen and oxygen atoms in total. The lowest BCUT2D eigenvalue weighted by molar-refractivity contribution is -0.137. The Kier molecular flexibility index (Phi) is 9.47. The molecular formula is C36H31NO4. The van der Waals surface area contributed by atoms with Gasteiger partial charge in [-0.25, -0.2) is 0 Å². The molecule has 5 heteroatoms. The minimum atomic E-state index is -0.885. The number of carboxylic acid groups (broad SMARTS) is 2. The molecule has 204 valence electrons. The van der Waals surface area contributed by atoms with Gasteiger partial charge in [0.25, 0.3) is 0 Å². The third-order valence-electron chi connectivity index (χ3n) is 6.48. The molecule has 0 aromatic heterocycles. The second-order valence-corrected chi connectivity index (χ2v) is 9.39. The van der Waals surface area contributed by atoms with E-state index in [4.69, 9.17) is 10.2 Å². The van der Waals surface area contributed by atoms with Crippen molar-refractivity contribution in [1.82, 2.24) is 0 Å². The molecule has 4 rings (SSSR count). The highest BCUT2D eigenvalue weighted by Gasteiger charge is 2.14. The fourth-order valence-corrected chi connectivity index (χ4v) is 4.55. The SMILES string of the molecule is C=CC=C(C=C)C(=Cc1ccc(N(c2ccc(CC(=O)O)cc2)c2ccc(CC(=O)O)cc2)cc1)c1ccccc1. The summed E-state index contributed by atoms with van der Waals surface area (Å²) in [5.74, 6) is -1.77. The number of rotatable bonds is 12. The summed E-state index contributed by atoms with van der Waals surface area (Å²) < 4.78 is 0. The molecule has 0 unspecified atom stereocenters. The van der Waals surface area contributed by atoms with E-state index >= 15 is 0 Å². The summed E-state index contributed by atoms with van der Waals surface area (Å²) in [5, 5.41) is 18.3. The van der Waals surface area contributed by atoms with E-state index in [9.17, 15) is 9.59 Å². The van der Waals surface area contributed by atoms with Crippen molar-refractivity contribution in [3.63, 3.8) is 0 Å². The second-order valence-electron chi connectivity index (χ2n) is 9.39. The van der Waals surface area contributed by atoms with Crippen LogP contribution in [0.3, 0.4) is 0 Å². The smallest absolute Gasteiger partial charge is 0.307 e. The average molecular weight is 542 g/mol. The zero-order valence-corrected chi connectivity index (χ0v) is 22.6. The topological polar surface area (TPSA) is 77.8 Å². The Bertz CT molecular complexity index is 1520. The van der Waals surface area contributed by atoms with Crippen LogP contribution in [0.25, 0.3) is 11.6 Å². The number of benzene rings is 4. The first kappa shape index (κ1) is 28.6. The van der Waals surface area contributed by atoms with E-state index in [1.54, 1.807) is 30.3 Å². The molecule has 4 aromatic rings. The highest BCUT2D eigenvalue weighted by atomic mass is 16.4. The lowest BCUT2D eigenvalue weighted by Gasteiger charge is -2.26. The van der Waals surface area contributed by atoms with Gasteiger partial charge in [0.1, 0.15) is 0 Å². The zero-order valence-electron chi connectivity index (χ0n) is 22.6. The van der Waals surface area contributed by atoms with Crippen molar-refractivity contribution in [2.45, 2.75) is 12.8 Å². The predicted octanol–water partition coefficient (Wildman–Crippen LogP) is 8.25. The molecule has 0 aliphatic carbocycles. The van der Waals surface area contributed by atoms with Gasteiger partial charge in [-0.2, -0.15) is 0 Å². The number of carbonyl (C=O) groups is 2. The number of carboxylic acids is 2. The fourth-order valence-electron chi connectivity index (χ4n) is 4.55. The maximum absolute atomic E-state index is 11.2. The van der Waals surface area contributed by atoms with Crippen LogP contribution in [0, 0.1) is 0 Å². The Balaban J connectivity index is 1.75. The lowest BCUT2D eigenvalue weighted by Crippen LogP contribution is -2.10. The maximum atomic E-state index is 11.2. The van der Waals surface area contributed by atoms with E-state index in [-0.39, 0.29) is 12.8 Å². The Morgan fingerprint density at radius 3 is 1.54 bits per heavy atom. The van der Waals surface area contributed by atoms with E-state index in [1.165, 1.54) is 0 Å². The number of aliphatic carboxylic acids is 2. The van der Waals surface area contributed by atoms with Crippen LogP contribution in [0.4, 0.5) is 17.1 Å². The summed E-state index contributed by atoms with van der Waals surface area (Å²) in [7, 11) is 0. The monoisotopic (exact) mass is 541 g/mol. The highest BCUT2D eigenvalue weighted by molar-refractivity contribution is 5.93. The van der Waals surface area contributed by atoms with Crippen molar-refractivity contribution in [2.75, 3.05) is 4.90 Å². The molecule has 0 heterocycles. The van der Waals surface area contributed by atoms with E-state index in [0.29, 0.717) is 11.1 Å². The summed E-state index contributed by atoms with van der Waals surface area (Å²) >= 11 is 0. The van der Waals surface area contributed by atoms with Gasteiger partial charge in [0.05, 0.1) is 12.8 Å². The van der Waals surface area contributed by atoms with E-state index in [1.807, 2.05) is 83.8 Å². The Morgan fingerprint density at radius 2 is 1.12 bits per heavy atom. The normalized spacial score (nSPS) is 11.5.